The van der Waals surface area contributed by atoms with Crippen LogP contribution < -0.4 is 0 Å². The van der Waals surface area contributed by atoms with Gasteiger partial charge in [0.1, 0.15) is 0 Å². The Kier molecular flexibility index (Phi) is 2.64. The summed E-state index contributed by atoms with van der Waals surface area (Å²) in [7, 11) is 0. The Morgan fingerprint density at radius 2 is 1.50 bits per heavy atom. The van der Waals surface area contributed by atoms with Gasteiger partial charge in [-0.2, -0.15) is 17.6 Å². The summed E-state index contributed by atoms with van der Waals surface area (Å²) in [4.78, 5) is 22.4. The lowest BCUT2D eigenvalue weighted by molar-refractivity contribution is -0.243. The fraction of sp³-hybridized carbons (Fsp3) is 0.636. The third-order valence-corrected chi connectivity index (χ3v) is 3.42. The molecule has 0 aromatic carbocycles. The molecular formula is C11H8F6O3. The number of hydrogen-bond acceptors (Lipinski definition) is 3. The van der Waals surface area contributed by atoms with Crippen LogP contribution in [0.15, 0.2) is 11.1 Å². The predicted octanol–water partition coefficient (Wildman–Crippen LogP) is 2.50. The van der Waals surface area contributed by atoms with Crippen LogP contribution in [0.1, 0.15) is 20.3 Å². The Labute approximate surface area is 108 Å². The van der Waals surface area contributed by atoms with Gasteiger partial charge in [0.2, 0.25) is 0 Å². The highest BCUT2D eigenvalue weighted by atomic mass is 19.3. The van der Waals surface area contributed by atoms with Crippen LogP contribution in [0.3, 0.4) is 0 Å². The van der Waals surface area contributed by atoms with Crippen molar-refractivity contribution in [1.29, 1.82) is 0 Å². The van der Waals surface area contributed by atoms with Crippen molar-refractivity contribution in [2.24, 2.45) is 0 Å². The minimum atomic E-state index is -5.11. The van der Waals surface area contributed by atoms with E-state index in [1.165, 1.54) is 0 Å². The van der Waals surface area contributed by atoms with Gasteiger partial charge in [-0.25, -0.2) is 18.4 Å². The van der Waals surface area contributed by atoms with Gasteiger partial charge in [0.25, 0.3) is 11.3 Å². The minimum Gasteiger partial charge on any atom is -0.388 e. The van der Waals surface area contributed by atoms with Crippen LogP contribution in [0.4, 0.5) is 26.3 Å². The summed E-state index contributed by atoms with van der Waals surface area (Å²) in [5, 5.41) is 0. The number of ether oxygens (including phenoxy) is 1. The average Bonchev–Trinajstić information content (AvgIpc) is 2.38. The molecule has 1 heterocycles. The number of esters is 2. The van der Waals surface area contributed by atoms with Crippen LogP contribution >= 0.6 is 0 Å². The maximum absolute atomic E-state index is 14.6. The summed E-state index contributed by atoms with van der Waals surface area (Å²) in [6.45, 7) is 1.62. The lowest BCUT2D eigenvalue weighted by Gasteiger charge is -2.43. The number of rotatable bonds is 0. The number of carbonyl (C=O) groups is 2. The molecule has 0 spiro atoms. The van der Waals surface area contributed by atoms with Crippen molar-refractivity contribution in [3.05, 3.63) is 11.1 Å². The van der Waals surface area contributed by atoms with Gasteiger partial charge >= 0.3 is 23.8 Å². The number of fused-ring (bicyclic) bond motifs is 1. The fourth-order valence-electron chi connectivity index (χ4n) is 2.51. The van der Waals surface area contributed by atoms with Gasteiger partial charge in [-0.1, -0.05) is 5.57 Å². The van der Waals surface area contributed by atoms with Gasteiger partial charge in [0, 0.05) is 0 Å². The standard InChI is InChI=1S/C11H8F6O3/c1-4(2)5-10(15)7(19)20-6(18)8(10,12)3-9(13,14)11(5,16)17/h3H2,1-2H3. The van der Waals surface area contributed by atoms with Crippen LogP contribution in [0.25, 0.3) is 0 Å². The van der Waals surface area contributed by atoms with Crippen molar-refractivity contribution in [2.45, 2.75) is 43.5 Å². The Bertz CT molecular complexity index is 550. The molecule has 0 aromatic heterocycles. The number of hydrogen-bond donors (Lipinski definition) is 0. The Hall–Kier alpha value is -1.54. The van der Waals surface area contributed by atoms with Crippen LogP contribution in [0, 0.1) is 0 Å². The molecule has 3 nitrogen and oxygen atoms in total. The second-order valence-corrected chi connectivity index (χ2v) is 4.97. The van der Waals surface area contributed by atoms with Crippen molar-refractivity contribution in [3.8, 4) is 0 Å². The zero-order valence-corrected chi connectivity index (χ0v) is 10.2. The molecule has 1 saturated heterocycles. The van der Waals surface area contributed by atoms with Crippen molar-refractivity contribution in [3.63, 3.8) is 0 Å². The first kappa shape index (κ1) is 14.9. The lowest BCUT2D eigenvalue weighted by atomic mass is 9.67. The lowest BCUT2D eigenvalue weighted by Crippen LogP contribution is -2.67. The molecule has 0 radical (unpaired) electrons. The number of halogens is 6. The molecule has 2 unspecified atom stereocenters. The van der Waals surface area contributed by atoms with E-state index >= 15 is 0 Å². The number of cyclic esters (lactones) is 2. The smallest absolute Gasteiger partial charge is 0.360 e. The van der Waals surface area contributed by atoms with Gasteiger partial charge in [0.15, 0.2) is 0 Å². The van der Waals surface area contributed by atoms with E-state index in [2.05, 4.69) is 4.74 Å². The van der Waals surface area contributed by atoms with Gasteiger partial charge in [-0.3, -0.25) is 0 Å². The molecule has 0 aromatic rings. The van der Waals surface area contributed by atoms with Crippen molar-refractivity contribution < 1.29 is 40.7 Å². The summed E-state index contributed by atoms with van der Waals surface area (Å²) in [5.74, 6) is -14.6. The molecule has 1 aliphatic carbocycles. The third-order valence-electron chi connectivity index (χ3n) is 3.42. The maximum atomic E-state index is 14.6. The molecule has 0 bridgehead atoms. The van der Waals surface area contributed by atoms with Crippen molar-refractivity contribution in [2.75, 3.05) is 0 Å². The number of alkyl halides is 6. The molecule has 1 aliphatic heterocycles. The molecule has 2 rings (SSSR count). The minimum absolute atomic E-state index is 0.731. The van der Waals surface area contributed by atoms with E-state index in [0.29, 0.717) is 0 Å². The highest BCUT2D eigenvalue weighted by molar-refractivity contribution is 6.08. The highest BCUT2D eigenvalue weighted by Gasteiger charge is 2.86. The monoisotopic (exact) mass is 302 g/mol. The molecule has 0 amide bonds. The summed E-state index contributed by atoms with van der Waals surface area (Å²) in [6.07, 6.45) is -2.47. The highest BCUT2D eigenvalue weighted by Crippen LogP contribution is 2.62. The van der Waals surface area contributed by atoms with Gasteiger partial charge in [0.05, 0.1) is 12.0 Å². The SMILES string of the molecule is CC(C)=C1C(F)(F)C(F)(F)CC2(F)C(=O)OC(=O)C12F. The second-order valence-electron chi connectivity index (χ2n) is 4.97. The van der Waals surface area contributed by atoms with Crippen LogP contribution in [0.5, 0.6) is 0 Å². The van der Waals surface area contributed by atoms with E-state index in [-0.39, 0.29) is 0 Å². The van der Waals surface area contributed by atoms with Gasteiger partial charge in [-0.15, -0.1) is 0 Å². The number of carbonyl (C=O) groups excluding carboxylic acids is 2. The van der Waals surface area contributed by atoms with E-state index in [4.69, 9.17) is 0 Å². The summed E-state index contributed by atoms with van der Waals surface area (Å²) in [5.41, 5.74) is -11.2. The molecule has 2 atom stereocenters. The molecule has 2 fully saturated rings. The molecule has 0 N–H and O–H groups in total. The van der Waals surface area contributed by atoms with Crippen LogP contribution in [0.2, 0.25) is 0 Å². The first-order valence-electron chi connectivity index (χ1n) is 5.41. The predicted molar refractivity (Wildman–Crippen MR) is 51.7 cm³/mol. The quantitative estimate of drug-likeness (QED) is 0.299. The van der Waals surface area contributed by atoms with Crippen LogP contribution in [-0.2, 0) is 14.3 Å². The zero-order valence-electron chi connectivity index (χ0n) is 10.2. The zero-order chi connectivity index (χ0) is 15.7. The summed E-state index contributed by atoms with van der Waals surface area (Å²) < 4.78 is 86.9. The Balaban J connectivity index is 2.85. The van der Waals surface area contributed by atoms with Crippen molar-refractivity contribution in [1.82, 2.24) is 0 Å². The average molecular weight is 302 g/mol. The molecular weight excluding hydrogens is 294 g/mol. The number of allylic oxidation sites excluding steroid dienone is 1. The topological polar surface area (TPSA) is 43.4 Å². The Morgan fingerprint density at radius 3 is 1.95 bits per heavy atom. The summed E-state index contributed by atoms with van der Waals surface area (Å²) >= 11 is 0. The summed E-state index contributed by atoms with van der Waals surface area (Å²) in [6, 6.07) is 0. The van der Waals surface area contributed by atoms with E-state index in [1.54, 1.807) is 0 Å². The molecule has 1 saturated carbocycles. The first-order valence-corrected chi connectivity index (χ1v) is 5.41. The third kappa shape index (κ3) is 1.33. The molecule has 2 aliphatic rings. The fourth-order valence-corrected chi connectivity index (χ4v) is 2.51. The van der Waals surface area contributed by atoms with E-state index in [0.717, 1.165) is 13.8 Å². The van der Waals surface area contributed by atoms with Crippen LogP contribution in [-0.4, -0.2) is 35.1 Å². The van der Waals surface area contributed by atoms with E-state index in [9.17, 15) is 35.9 Å². The van der Waals surface area contributed by atoms with Crippen molar-refractivity contribution >= 4 is 11.9 Å². The van der Waals surface area contributed by atoms with Gasteiger partial charge < -0.3 is 4.74 Å². The van der Waals surface area contributed by atoms with E-state index in [1.807, 2.05) is 0 Å². The first-order chi connectivity index (χ1) is 8.82. The maximum Gasteiger partial charge on any atom is 0.360 e. The van der Waals surface area contributed by atoms with E-state index < -0.39 is 52.7 Å². The molecule has 112 valence electrons. The van der Waals surface area contributed by atoms with Gasteiger partial charge in [-0.05, 0) is 13.8 Å². The normalized spacial score (nSPS) is 38.5. The largest absolute Gasteiger partial charge is 0.388 e. The molecule has 9 heteroatoms. The molecule has 20 heavy (non-hydrogen) atoms. The Morgan fingerprint density at radius 1 is 1.00 bits per heavy atom. The second kappa shape index (κ2) is 3.56.